The van der Waals surface area contributed by atoms with Crippen molar-refractivity contribution >= 4 is 33.2 Å². The number of hydrogen-bond donors (Lipinski definition) is 1. The maximum atomic E-state index is 12.8. The smallest absolute Gasteiger partial charge is 0.264 e. The van der Waals surface area contributed by atoms with Crippen molar-refractivity contribution in [1.29, 1.82) is 0 Å². The van der Waals surface area contributed by atoms with Crippen molar-refractivity contribution in [2.24, 2.45) is 5.73 Å². The molecule has 1 amide bonds. The summed E-state index contributed by atoms with van der Waals surface area (Å²) in [6.45, 7) is 1.40. The van der Waals surface area contributed by atoms with Crippen LogP contribution in [0.25, 0.3) is 0 Å². The molecule has 7 heteroatoms. The van der Waals surface area contributed by atoms with Gasteiger partial charge in [-0.2, -0.15) is 0 Å². The fourth-order valence-electron chi connectivity index (χ4n) is 1.97. The van der Waals surface area contributed by atoms with Crippen molar-refractivity contribution in [1.82, 2.24) is 0 Å². The van der Waals surface area contributed by atoms with Gasteiger partial charge in [0.15, 0.2) is 0 Å². The Bertz CT molecular complexity index is 789. The third-order valence-electron chi connectivity index (χ3n) is 2.99. The number of nitrogens with zero attached hydrogens (tertiary/aromatic N) is 1. The number of carbonyl (C=O) groups excluding carboxylic acids is 1. The summed E-state index contributed by atoms with van der Waals surface area (Å²) in [5.41, 5.74) is 6.46. The number of benzene rings is 2. The topological polar surface area (TPSA) is 80.5 Å². The minimum atomic E-state index is -3.91. The molecule has 2 aromatic rings. The van der Waals surface area contributed by atoms with Gasteiger partial charge in [-0.1, -0.05) is 23.7 Å². The number of rotatable bonds is 5. The number of sulfonamides is 1. The number of halogens is 1. The molecule has 2 aromatic carbocycles. The van der Waals surface area contributed by atoms with E-state index >= 15 is 0 Å². The first kappa shape index (κ1) is 16.3. The fourth-order valence-corrected chi connectivity index (χ4v) is 3.52. The van der Waals surface area contributed by atoms with E-state index in [9.17, 15) is 13.2 Å². The predicted octanol–water partition coefficient (Wildman–Crippen LogP) is 2.33. The van der Waals surface area contributed by atoms with E-state index in [2.05, 4.69) is 0 Å². The molecule has 0 fully saturated rings. The maximum Gasteiger partial charge on any atom is 0.264 e. The monoisotopic (exact) mass is 338 g/mol. The van der Waals surface area contributed by atoms with Crippen LogP contribution in [0.3, 0.4) is 0 Å². The SMILES string of the molecule is Cc1cccc(N(CC(N)=O)S(=O)(=O)c2ccc(Cl)cc2)c1. The number of amides is 1. The highest BCUT2D eigenvalue weighted by Crippen LogP contribution is 2.25. The molecular weight excluding hydrogens is 324 g/mol. The Morgan fingerprint density at radius 2 is 1.82 bits per heavy atom. The molecule has 0 saturated carbocycles. The molecule has 0 spiro atoms. The molecule has 0 aliphatic carbocycles. The second-order valence-electron chi connectivity index (χ2n) is 4.77. The quantitative estimate of drug-likeness (QED) is 0.908. The Hall–Kier alpha value is -2.05. The van der Waals surface area contributed by atoms with Gasteiger partial charge in [-0.25, -0.2) is 8.42 Å². The van der Waals surface area contributed by atoms with E-state index in [1.54, 1.807) is 18.2 Å². The molecule has 5 nitrogen and oxygen atoms in total. The van der Waals surface area contributed by atoms with Crippen LogP contribution in [-0.4, -0.2) is 20.9 Å². The van der Waals surface area contributed by atoms with Gasteiger partial charge in [0.25, 0.3) is 10.0 Å². The van der Waals surface area contributed by atoms with E-state index in [0.717, 1.165) is 9.87 Å². The Labute approximate surface area is 134 Å². The zero-order valence-electron chi connectivity index (χ0n) is 11.9. The lowest BCUT2D eigenvalue weighted by atomic mass is 10.2. The van der Waals surface area contributed by atoms with E-state index in [1.807, 2.05) is 13.0 Å². The molecule has 0 bridgehead atoms. The lowest BCUT2D eigenvalue weighted by molar-refractivity contribution is -0.116. The first-order valence-corrected chi connectivity index (χ1v) is 8.26. The van der Waals surface area contributed by atoms with Crippen LogP contribution in [-0.2, 0) is 14.8 Å². The van der Waals surface area contributed by atoms with Gasteiger partial charge < -0.3 is 5.73 Å². The van der Waals surface area contributed by atoms with Crippen LogP contribution in [0.5, 0.6) is 0 Å². The molecule has 22 heavy (non-hydrogen) atoms. The molecule has 2 N–H and O–H groups in total. The van der Waals surface area contributed by atoms with Gasteiger partial charge in [-0.3, -0.25) is 9.10 Å². The summed E-state index contributed by atoms with van der Waals surface area (Å²) in [5, 5.41) is 0.427. The number of nitrogens with two attached hydrogens (primary N) is 1. The zero-order valence-corrected chi connectivity index (χ0v) is 13.4. The lowest BCUT2D eigenvalue weighted by Gasteiger charge is -2.23. The highest BCUT2D eigenvalue weighted by Gasteiger charge is 2.26. The van der Waals surface area contributed by atoms with E-state index in [4.69, 9.17) is 17.3 Å². The summed E-state index contributed by atoms with van der Waals surface area (Å²) >= 11 is 5.78. The standard InChI is InChI=1S/C15H15ClN2O3S/c1-11-3-2-4-13(9-11)18(10-15(17)19)22(20,21)14-7-5-12(16)6-8-14/h2-9H,10H2,1H3,(H2,17,19). The fraction of sp³-hybridized carbons (Fsp3) is 0.133. The number of anilines is 1. The maximum absolute atomic E-state index is 12.8. The van der Waals surface area contributed by atoms with Crippen molar-refractivity contribution < 1.29 is 13.2 Å². The van der Waals surface area contributed by atoms with Crippen molar-refractivity contribution in [3.05, 3.63) is 59.1 Å². The Morgan fingerprint density at radius 3 is 2.36 bits per heavy atom. The van der Waals surface area contributed by atoms with Crippen molar-refractivity contribution in [2.45, 2.75) is 11.8 Å². The van der Waals surface area contributed by atoms with Crippen LogP contribution in [0.15, 0.2) is 53.4 Å². The summed E-state index contributed by atoms with van der Waals surface area (Å²) in [6, 6.07) is 12.6. The minimum Gasteiger partial charge on any atom is -0.368 e. The van der Waals surface area contributed by atoms with Crippen LogP contribution in [0, 0.1) is 6.92 Å². The normalized spacial score (nSPS) is 11.2. The van der Waals surface area contributed by atoms with E-state index in [1.165, 1.54) is 24.3 Å². The first-order valence-electron chi connectivity index (χ1n) is 6.44. The highest BCUT2D eigenvalue weighted by atomic mass is 35.5. The largest absolute Gasteiger partial charge is 0.368 e. The average molecular weight is 339 g/mol. The number of hydrogen-bond acceptors (Lipinski definition) is 3. The van der Waals surface area contributed by atoms with Gasteiger partial charge in [0, 0.05) is 5.02 Å². The summed E-state index contributed by atoms with van der Waals surface area (Å²) in [6.07, 6.45) is 0. The molecule has 0 radical (unpaired) electrons. The molecule has 0 aliphatic heterocycles. The van der Waals surface area contributed by atoms with E-state index in [-0.39, 0.29) is 4.90 Å². The van der Waals surface area contributed by atoms with Gasteiger partial charge in [-0.15, -0.1) is 0 Å². The third-order valence-corrected chi connectivity index (χ3v) is 5.03. The summed E-state index contributed by atoms with van der Waals surface area (Å²) in [5.74, 6) is -0.737. The Kier molecular flexibility index (Phi) is 4.73. The molecular formula is C15H15ClN2O3S. The van der Waals surface area contributed by atoms with Crippen molar-refractivity contribution in [3.63, 3.8) is 0 Å². The van der Waals surface area contributed by atoms with Crippen LogP contribution in [0.4, 0.5) is 5.69 Å². The minimum absolute atomic E-state index is 0.0413. The van der Waals surface area contributed by atoms with Gasteiger partial charge >= 0.3 is 0 Å². The molecule has 0 unspecified atom stereocenters. The molecule has 0 aromatic heterocycles. The van der Waals surface area contributed by atoms with Gasteiger partial charge in [0.05, 0.1) is 10.6 Å². The molecule has 0 aliphatic rings. The van der Waals surface area contributed by atoms with Gasteiger partial charge in [0.2, 0.25) is 5.91 Å². The molecule has 0 atom stereocenters. The predicted molar refractivity (Wildman–Crippen MR) is 86.4 cm³/mol. The second-order valence-corrected chi connectivity index (χ2v) is 7.07. The van der Waals surface area contributed by atoms with E-state index < -0.39 is 22.5 Å². The second kappa shape index (κ2) is 6.37. The molecule has 2 rings (SSSR count). The number of primary amides is 1. The van der Waals surface area contributed by atoms with Crippen LogP contribution >= 0.6 is 11.6 Å². The van der Waals surface area contributed by atoms with Crippen LogP contribution in [0.1, 0.15) is 5.56 Å². The van der Waals surface area contributed by atoms with Gasteiger partial charge in [-0.05, 0) is 48.9 Å². The Balaban J connectivity index is 2.53. The Morgan fingerprint density at radius 1 is 1.18 bits per heavy atom. The zero-order chi connectivity index (χ0) is 16.3. The van der Waals surface area contributed by atoms with E-state index in [0.29, 0.717) is 10.7 Å². The first-order chi connectivity index (χ1) is 10.3. The average Bonchev–Trinajstić information content (AvgIpc) is 2.45. The summed E-state index contributed by atoms with van der Waals surface area (Å²) < 4.78 is 26.5. The molecule has 0 heterocycles. The molecule has 116 valence electrons. The number of aryl methyl sites for hydroxylation is 1. The number of carbonyl (C=O) groups is 1. The van der Waals surface area contributed by atoms with Gasteiger partial charge in [0.1, 0.15) is 6.54 Å². The van der Waals surface area contributed by atoms with Crippen molar-refractivity contribution in [3.8, 4) is 0 Å². The summed E-state index contributed by atoms with van der Waals surface area (Å²) in [7, 11) is -3.91. The third kappa shape index (κ3) is 3.58. The lowest BCUT2D eigenvalue weighted by Crippen LogP contribution is -2.38. The van der Waals surface area contributed by atoms with Crippen molar-refractivity contribution in [2.75, 3.05) is 10.8 Å². The van der Waals surface area contributed by atoms with Crippen LogP contribution < -0.4 is 10.0 Å². The summed E-state index contributed by atoms with van der Waals surface area (Å²) in [4.78, 5) is 11.3. The molecule has 0 saturated heterocycles. The highest BCUT2D eigenvalue weighted by molar-refractivity contribution is 7.92. The van der Waals surface area contributed by atoms with Crippen LogP contribution in [0.2, 0.25) is 5.02 Å².